The van der Waals surface area contributed by atoms with E-state index in [1.165, 1.54) is 0 Å². The van der Waals surface area contributed by atoms with Crippen LogP contribution in [0.15, 0.2) is 0 Å². The van der Waals surface area contributed by atoms with E-state index in [1.54, 1.807) is 0 Å². The van der Waals surface area contributed by atoms with Crippen LogP contribution in [0, 0.1) is 0 Å². The molecule has 24 valence electrons. The van der Waals surface area contributed by atoms with Gasteiger partial charge in [0.05, 0.1) is 0 Å². The Balaban J connectivity index is 0. The minimum atomic E-state index is 0. The Kier molecular flexibility index (Phi) is 125. The van der Waals surface area contributed by atoms with Crippen molar-refractivity contribution in [3.8, 4) is 0 Å². The van der Waals surface area contributed by atoms with Gasteiger partial charge in [-0.25, -0.2) is 0 Å². The fraction of sp³-hybridized carbons (Fsp3) is 0. The molecule has 0 N–H and O–H groups in total. The summed E-state index contributed by atoms with van der Waals surface area (Å²) in [6.45, 7) is 0. The van der Waals surface area contributed by atoms with Gasteiger partial charge < -0.3 is 71.9 Å². The van der Waals surface area contributed by atoms with Crippen molar-refractivity contribution in [3.05, 3.63) is 0 Å². The van der Waals surface area contributed by atoms with Gasteiger partial charge in [-0.3, -0.25) is 0 Å². The minimum Gasteiger partial charge on any atom is -1.00 e. The van der Waals surface area contributed by atoms with Gasteiger partial charge in [0.1, 0.15) is 0 Å². The molecule has 0 unspecified atom stereocenters. The van der Waals surface area contributed by atoms with Crippen LogP contribution in [0.5, 0.6) is 0 Å². The second-order valence-corrected chi connectivity index (χ2v) is 0. The molecule has 4 heteroatoms. The number of rotatable bonds is 0. The summed E-state index contributed by atoms with van der Waals surface area (Å²) >= 11 is 0. The molecule has 0 spiro atoms. The van der Waals surface area contributed by atoms with Crippen LogP contribution in [0.25, 0.3) is 0 Å². The van der Waals surface area contributed by atoms with E-state index in [4.69, 9.17) is 0 Å². The predicted octanol–water partition coefficient (Wildman–Crippen LogP) is -12.0. The Morgan fingerprint density at radius 1 is 0.500 bits per heavy atom. The van der Waals surface area contributed by atoms with E-state index in [0.29, 0.717) is 0 Å². The third-order valence-electron chi connectivity index (χ3n) is 0. The molecule has 0 aliphatic rings. The first kappa shape index (κ1) is 29.3. The van der Waals surface area contributed by atoms with E-state index in [2.05, 4.69) is 0 Å². The second-order valence-electron chi connectivity index (χ2n) is 0. The van der Waals surface area contributed by atoms with Crippen molar-refractivity contribution in [2.45, 2.75) is 0 Å². The van der Waals surface area contributed by atoms with Crippen LogP contribution < -0.4 is 90.8 Å². The Morgan fingerprint density at radius 2 is 0.500 bits per heavy atom. The topological polar surface area (TPSA) is 0 Å². The minimum absolute atomic E-state index is 0. The third kappa shape index (κ3) is 8.84. The molecule has 0 aromatic carbocycles. The SMILES string of the molecule is [I-].[I-].[I-].[Li+]. The quantitative estimate of drug-likeness (QED) is 0.286. The Hall–Kier alpha value is 2.79. The average Bonchev–Trinajstić information content (AvgIpc) is 0. The summed E-state index contributed by atoms with van der Waals surface area (Å²) in [5.74, 6) is 0. The zero-order chi connectivity index (χ0) is 0. The maximum atomic E-state index is 0. The van der Waals surface area contributed by atoms with Gasteiger partial charge >= 0.3 is 18.9 Å². The first-order valence-electron chi connectivity index (χ1n) is 0. The van der Waals surface area contributed by atoms with Crippen LogP contribution in [0.3, 0.4) is 0 Å². The Labute approximate surface area is 89.1 Å². The van der Waals surface area contributed by atoms with Gasteiger partial charge in [-0.1, -0.05) is 0 Å². The first-order valence-corrected chi connectivity index (χ1v) is 0. The molecule has 4 heavy (non-hydrogen) atoms. The molecule has 0 aromatic heterocycles. The second kappa shape index (κ2) is 17.1. The smallest absolute Gasteiger partial charge is 1.00 e. The average molecular weight is 388 g/mol. The van der Waals surface area contributed by atoms with Crippen LogP contribution in [0.2, 0.25) is 0 Å². The zero-order valence-corrected chi connectivity index (χ0v) is 8.61. The standard InChI is InChI=1S/3HI.Li/h3*1H;/q;;;+1/p-3. The number of halogens is 3. The summed E-state index contributed by atoms with van der Waals surface area (Å²) in [6.07, 6.45) is 0. The van der Waals surface area contributed by atoms with Gasteiger partial charge in [-0.05, 0) is 0 Å². The normalized spacial score (nSPS) is 0. The summed E-state index contributed by atoms with van der Waals surface area (Å²) < 4.78 is 0. The third-order valence-corrected chi connectivity index (χ3v) is 0. The molecular formula is I3Li-2. The van der Waals surface area contributed by atoms with Gasteiger partial charge in [0.2, 0.25) is 0 Å². The molecule has 0 amide bonds. The van der Waals surface area contributed by atoms with Crippen LogP contribution >= 0.6 is 0 Å². The zero-order valence-electron chi connectivity index (χ0n) is 2.13. The van der Waals surface area contributed by atoms with Crippen LogP contribution in [-0.4, -0.2) is 0 Å². The Bertz CT molecular complexity index is 3.25. The molecular weight excluding hydrogens is 388 g/mol. The van der Waals surface area contributed by atoms with Gasteiger partial charge in [-0.2, -0.15) is 0 Å². The molecule has 0 bridgehead atoms. The van der Waals surface area contributed by atoms with Gasteiger partial charge in [0.15, 0.2) is 0 Å². The molecule has 0 atom stereocenters. The van der Waals surface area contributed by atoms with E-state index in [-0.39, 0.29) is 90.8 Å². The van der Waals surface area contributed by atoms with Crippen LogP contribution in [0.1, 0.15) is 0 Å². The van der Waals surface area contributed by atoms with E-state index >= 15 is 0 Å². The summed E-state index contributed by atoms with van der Waals surface area (Å²) in [5, 5.41) is 0. The Morgan fingerprint density at radius 3 is 0.500 bits per heavy atom. The van der Waals surface area contributed by atoms with Crippen molar-refractivity contribution in [3.63, 3.8) is 0 Å². The molecule has 0 aliphatic carbocycles. The molecule has 0 saturated heterocycles. The summed E-state index contributed by atoms with van der Waals surface area (Å²) in [6, 6.07) is 0. The first-order chi connectivity index (χ1) is 0. The van der Waals surface area contributed by atoms with Crippen molar-refractivity contribution < 1.29 is 90.8 Å². The van der Waals surface area contributed by atoms with Crippen molar-refractivity contribution >= 4 is 0 Å². The molecule has 0 saturated carbocycles. The summed E-state index contributed by atoms with van der Waals surface area (Å²) in [4.78, 5) is 0. The van der Waals surface area contributed by atoms with Gasteiger partial charge in [-0.15, -0.1) is 0 Å². The fourth-order valence-corrected chi connectivity index (χ4v) is 0. The van der Waals surface area contributed by atoms with E-state index < -0.39 is 0 Å². The van der Waals surface area contributed by atoms with E-state index in [1.807, 2.05) is 0 Å². The van der Waals surface area contributed by atoms with Crippen molar-refractivity contribution in [1.29, 1.82) is 0 Å². The molecule has 0 fully saturated rings. The molecule has 0 radical (unpaired) electrons. The fourth-order valence-electron chi connectivity index (χ4n) is 0. The van der Waals surface area contributed by atoms with Gasteiger partial charge in [0.25, 0.3) is 0 Å². The molecule has 0 aliphatic heterocycles. The molecule has 0 heterocycles. The maximum absolute atomic E-state index is 0. The molecule has 0 nitrogen and oxygen atoms in total. The summed E-state index contributed by atoms with van der Waals surface area (Å²) in [7, 11) is 0. The van der Waals surface area contributed by atoms with Gasteiger partial charge in [0, 0.05) is 0 Å². The molecule has 0 aromatic rings. The monoisotopic (exact) mass is 388 g/mol. The number of hydrogen-bond donors (Lipinski definition) is 0. The molecule has 0 rings (SSSR count). The van der Waals surface area contributed by atoms with Crippen LogP contribution in [-0.2, 0) is 0 Å². The maximum Gasteiger partial charge on any atom is 1.00 e. The van der Waals surface area contributed by atoms with E-state index in [9.17, 15) is 0 Å². The van der Waals surface area contributed by atoms with Crippen molar-refractivity contribution in [2.24, 2.45) is 0 Å². The van der Waals surface area contributed by atoms with Crippen LogP contribution in [0.4, 0.5) is 0 Å². The van der Waals surface area contributed by atoms with Crippen molar-refractivity contribution in [2.75, 3.05) is 0 Å². The predicted molar refractivity (Wildman–Crippen MR) is 0 cm³/mol. The van der Waals surface area contributed by atoms with E-state index in [0.717, 1.165) is 0 Å². The number of hydrogen-bond acceptors (Lipinski definition) is 0. The largest absolute Gasteiger partial charge is 1.00 e. The van der Waals surface area contributed by atoms with Crippen molar-refractivity contribution in [1.82, 2.24) is 0 Å². The summed E-state index contributed by atoms with van der Waals surface area (Å²) in [5.41, 5.74) is 0.